The molecule has 0 spiro atoms. The van der Waals surface area contributed by atoms with Crippen molar-refractivity contribution in [1.29, 1.82) is 0 Å². The first-order chi connectivity index (χ1) is 7.99. The highest BCUT2D eigenvalue weighted by Gasteiger charge is 2.29. The van der Waals surface area contributed by atoms with Crippen LogP contribution >= 0.6 is 11.6 Å². The van der Waals surface area contributed by atoms with Crippen molar-refractivity contribution < 1.29 is 24.1 Å². The number of halogens is 2. The van der Waals surface area contributed by atoms with Gasteiger partial charge in [0.2, 0.25) is 0 Å². The van der Waals surface area contributed by atoms with E-state index < -0.39 is 17.9 Å². The number of aliphatic carboxylic acids is 1. The van der Waals surface area contributed by atoms with Crippen molar-refractivity contribution in [1.82, 2.24) is 0 Å². The van der Waals surface area contributed by atoms with Crippen molar-refractivity contribution in [2.24, 2.45) is 0 Å². The third-order valence-electron chi connectivity index (χ3n) is 2.37. The molecule has 1 unspecified atom stereocenters. The van der Waals surface area contributed by atoms with Crippen LogP contribution in [0.3, 0.4) is 0 Å². The Morgan fingerprint density at radius 3 is 2.71 bits per heavy atom. The summed E-state index contributed by atoms with van der Waals surface area (Å²) < 4.78 is 18.5. The van der Waals surface area contributed by atoms with E-state index in [1.54, 1.807) is 0 Å². The summed E-state index contributed by atoms with van der Waals surface area (Å²) in [5.74, 6) is -2.15. The minimum Gasteiger partial charge on any atom is -0.488 e. The van der Waals surface area contributed by atoms with Crippen LogP contribution < -0.4 is 4.74 Å². The van der Waals surface area contributed by atoms with Crippen LogP contribution in [0.15, 0.2) is 12.1 Å². The fraction of sp³-hybridized carbons (Fsp3) is 0.364. The molecule has 0 heterocycles. The number of hydrogen-bond acceptors (Lipinski definition) is 3. The molecule has 92 valence electrons. The molecule has 1 aliphatic rings. The average molecular weight is 261 g/mol. The maximum Gasteiger partial charge on any atom is 0.337 e. The van der Waals surface area contributed by atoms with E-state index in [4.69, 9.17) is 21.4 Å². The standard InChI is InChI=1S/C11H10ClFO4/c12-8-4-5(13)3-7(9(14)11(15)16)10(8)17-6-1-2-6/h3-4,6,9,14H,1-2H2,(H,15,16). The van der Waals surface area contributed by atoms with Crippen LogP contribution in [0.4, 0.5) is 4.39 Å². The highest BCUT2D eigenvalue weighted by atomic mass is 35.5. The van der Waals surface area contributed by atoms with E-state index in [2.05, 4.69) is 0 Å². The molecule has 6 heteroatoms. The van der Waals surface area contributed by atoms with Gasteiger partial charge in [0, 0.05) is 5.56 Å². The van der Waals surface area contributed by atoms with Gasteiger partial charge in [0.1, 0.15) is 11.6 Å². The molecular formula is C11H10ClFO4. The molecule has 2 rings (SSSR count). The summed E-state index contributed by atoms with van der Waals surface area (Å²) in [7, 11) is 0. The van der Waals surface area contributed by atoms with Crippen LogP contribution in [0.5, 0.6) is 5.75 Å². The number of carbonyl (C=O) groups is 1. The molecule has 1 aliphatic carbocycles. The van der Waals surface area contributed by atoms with E-state index in [-0.39, 0.29) is 22.4 Å². The largest absolute Gasteiger partial charge is 0.488 e. The first-order valence-electron chi connectivity index (χ1n) is 5.05. The van der Waals surface area contributed by atoms with Gasteiger partial charge in [0.25, 0.3) is 0 Å². The average Bonchev–Trinajstić information content (AvgIpc) is 3.04. The lowest BCUT2D eigenvalue weighted by Crippen LogP contribution is -2.13. The molecule has 1 aromatic rings. The number of carboxylic acids is 1. The first kappa shape index (κ1) is 12.1. The number of carboxylic acid groups (broad SMARTS) is 1. The van der Waals surface area contributed by atoms with Crippen LogP contribution in [-0.4, -0.2) is 22.3 Å². The molecule has 17 heavy (non-hydrogen) atoms. The summed E-state index contributed by atoms with van der Waals surface area (Å²) in [4.78, 5) is 10.7. The molecule has 4 nitrogen and oxygen atoms in total. The number of ether oxygens (including phenoxy) is 1. The smallest absolute Gasteiger partial charge is 0.337 e. The third kappa shape index (κ3) is 2.68. The zero-order valence-electron chi connectivity index (χ0n) is 8.69. The maximum absolute atomic E-state index is 13.1. The van der Waals surface area contributed by atoms with E-state index in [9.17, 15) is 14.3 Å². The Bertz CT molecular complexity index is 459. The van der Waals surface area contributed by atoms with E-state index in [0.29, 0.717) is 0 Å². The molecule has 0 aromatic heterocycles. The van der Waals surface area contributed by atoms with Gasteiger partial charge in [0.15, 0.2) is 6.10 Å². The van der Waals surface area contributed by atoms with Gasteiger partial charge in [0.05, 0.1) is 11.1 Å². The number of benzene rings is 1. The van der Waals surface area contributed by atoms with Gasteiger partial charge in [-0.05, 0) is 25.0 Å². The Hall–Kier alpha value is -1.33. The fourth-order valence-corrected chi connectivity index (χ4v) is 1.65. The summed E-state index contributed by atoms with van der Waals surface area (Å²) in [5.41, 5.74) is -0.158. The van der Waals surface area contributed by atoms with Gasteiger partial charge >= 0.3 is 5.97 Å². The molecule has 0 saturated heterocycles. The zero-order valence-corrected chi connectivity index (χ0v) is 9.45. The van der Waals surface area contributed by atoms with Gasteiger partial charge < -0.3 is 14.9 Å². The lowest BCUT2D eigenvalue weighted by atomic mass is 10.1. The second-order valence-corrected chi connectivity index (χ2v) is 4.27. The van der Waals surface area contributed by atoms with Gasteiger partial charge in [-0.15, -0.1) is 0 Å². The molecule has 0 bridgehead atoms. The minimum atomic E-state index is -1.85. The van der Waals surface area contributed by atoms with Crippen molar-refractivity contribution in [3.63, 3.8) is 0 Å². The number of hydrogen-bond donors (Lipinski definition) is 2. The number of aliphatic hydroxyl groups is 1. The summed E-state index contributed by atoms with van der Waals surface area (Å²) in [5, 5.41) is 18.1. The molecule has 1 fully saturated rings. The molecule has 2 N–H and O–H groups in total. The molecule has 1 atom stereocenters. The third-order valence-corrected chi connectivity index (χ3v) is 2.66. The predicted molar refractivity (Wildman–Crippen MR) is 57.7 cm³/mol. The summed E-state index contributed by atoms with van der Waals surface area (Å²) >= 11 is 5.79. The number of aliphatic hydroxyl groups excluding tert-OH is 1. The quantitative estimate of drug-likeness (QED) is 0.870. The second-order valence-electron chi connectivity index (χ2n) is 3.86. The Balaban J connectivity index is 2.41. The Morgan fingerprint density at radius 2 is 2.18 bits per heavy atom. The van der Waals surface area contributed by atoms with Crippen molar-refractivity contribution in [3.8, 4) is 5.75 Å². The highest BCUT2D eigenvalue weighted by molar-refractivity contribution is 6.32. The van der Waals surface area contributed by atoms with Crippen molar-refractivity contribution in [3.05, 3.63) is 28.5 Å². The van der Waals surface area contributed by atoms with Crippen LogP contribution in [0, 0.1) is 5.82 Å². The van der Waals surface area contributed by atoms with Crippen LogP contribution in [0.1, 0.15) is 24.5 Å². The number of rotatable bonds is 4. The summed E-state index contributed by atoms with van der Waals surface area (Å²) in [6.45, 7) is 0. The van der Waals surface area contributed by atoms with E-state index in [1.807, 2.05) is 0 Å². The van der Waals surface area contributed by atoms with Crippen molar-refractivity contribution >= 4 is 17.6 Å². The lowest BCUT2D eigenvalue weighted by molar-refractivity contribution is -0.147. The van der Waals surface area contributed by atoms with Crippen molar-refractivity contribution in [2.75, 3.05) is 0 Å². The predicted octanol–water partition coefficient (Wildman–Crippen LogP) is 2.14. The summed E-state index contributed by atoms with van der Waals surface area (Å²) in [6, 6.07) is 1.94. The topological polar surface area (TPSA) is 66.8 Å². The monoisotopic (exact) mass is 260 g/mol. The lowest BCUT2D eigenvalue weighted by Gasteiger charge is -2.15. The Kier molecular flexibility index (Phi) is 3.22. The van der Waals surface area contributed by atoms with Gasteiger partial charge in [-0.3, -0.25) is 0 Å². The van der Waals surface area contributed by atoms with Gasteiger partial charge in [-0.2, -0.15) is 0 Å². The molecule has 0 radical (unpaired) electrons. The van der Waals surface area contributed by atoms with Crippen LogP contribution in [0.25, 0.3) is 0 Å². The normalized spacial score (nSPS) is 16.6. The first-order valence-corrected chi connectivity index (χ1v) is 5.43. The van der Waals surface area contributed by atoms with Gasteiger partial charge in [-0.25, -0.2) is 9.18 Å². The molecule has 0 amide bonds. The SMILES string of the molecule is O=C(O)C(O)c1cc(F)cc(Cl)c1OC1CC1. The Labute approximate surface area is 102 Å². The molecule has 1 aromatic carbocycles. The van der Waals surface area contributed by atoms with E-state index in [1.165, 1.54) is 0 Å². The second kappa shape index (κ2) is 4.50. The van der Waals surface area contributed by atoms with Gasteiger partial charge in [-0.1, -0.05) is 11.6 Å². The highest BCUT2D eigenvalue weighted by Crippen LogP contribution is 2.38. The Morgan fingerprint density at radius 1 is 1.53 bits per heavy atom. The molecular weight excluding hydrogens is 251 g/mol. The zero-order chi connectivity index (χ0) is 12.6. The van der Waals surface area contributed by atoms with Crippen LogP contribution in [-0.2, 0) is 4.79 Å². The van der Waals surface area contributed by atoms with E-state index >= 15 is 0 Å². The van der Waals surface area contributed by atoms with Crippen LogP contribution in [0.2, 0.25) is 5.02 Å². The molecule has 0 aliphatic heterocycles. The molecule has 1 saturated carbocycles. The van der Waals surface area contributed by atoms with E-state index in [0.717, 1.165) is 25.0 Å². The maximum atomic E-state index is 13.1. The fourth-order valence-electron chi connectivity index (χ4n) is 1.39. The summed E-state index contributed by atoms with van der Waals surface area (Å²) in [6.07, 6.45) is -0.193. The van der Waals surface area contributed by atoms with Crippen molar-refractivity contribution in [2.45, 2.75) is 25.0 Å². The minimum absolute atomic E-state index is 0.0299.